The molecule has 3 rings (SSSR count). The third kappa shape index (κ3) is 4.44. The van der Waals surface area contributed by atoms with Gasteiger partial charge in [-0.1, -0.05) is 38.3 Å². The molecule has 4 amide bonds. The molecule has 7 nitrogen and oxygen atoms in total. The second kappa shape index (κ2) is 9.11. The predicted octanol–water partition coefficient (Wildman–Crippen LogP) is 3.67. The number of benzene rings is 1. The Labute approximate surface area is 171 Å². The molecule has 29 heavy (non-hydrogen) atoms. The van der Waals surface area contributed by atoms with Crippen LogP contribution in [0, 0.1) is 0 Å². The minimum atomic E-state index is -0.690. The van der Waals surface area contributed by atoms with Gasteiger partial charge in [0.2, 0.25) is 0 Å². The van der Waals surface area contributed by atoms with Gasteiger partial charge in [-0.15, -0.1) is 0 Å². The highest BCUT2D eigenvalue weighted by Gasteiger charge is 2.40. The van der Waals surface area contributed by atoms with Gasteiger partial charge in [-0.25, -0.2) is 4.79 Å². The summed E-state index contributed by atoms with van der Waals surface area (Å²) in [5.41, 5.74) is 0.485. The van der Waals surface area contributed by atoms with E-state index < -0.39 is 17.8 Å². The van der Waals surface area contributed by atoms with Crippen molar-refractivity contribution in [2.24, 2.45) is 0 Å². The lowest BCUT2D eigenvalue weighted by molar-refractivity contribution is -0.132. The topological polar surface area (TPSA) is 84.9 Å². The summed E-state index contributed by atoms with van der Waals surface area (Å²) in [6, 6.07) is 4.49. The number of nitrogens with zero attached hydrogens (tertiary/aromatic N) is 1. The van der Waals surface area contributed by atoms with E-state index in [1.54, 1.807) is 18.2 Å². The van der Waals surface area contributed by atoms with Crippen molar-refractivity contribution in [1.29, 1.82) is 0 Å². The van der Waals surface area contributed by atoms with Crippen molar-refractivity contribution in [3.8, 4) is 11.5 Å². The Morgan fingerprint density at radius 1 is 1.21 bits per heavy atom. The number of rotatable bonds is 6. The Kier molecular flexibility index (Phi) is 6.56. The monoisotopic (exact) mass is 400 g/mol. The zero-order valence-electron chi connectivity index (χ0n) is 17.2. The molecule has 1 N–H and O–H groups in total. The van der Waals surface area contributed by atoms with Crippen LogP contribution < -0.4 is 14.8 Å². The summed E-state index contributed by atoms with van der Waals surface area (Å²) in [5, 5.41) is 2.31. The molecule has 1 aliphatic heterocycles. The van der Waals surface area contributed by atoms with Gasteiger partial charge in [0.05, 0.1) is 13.2 Å². The lowest BCUT2D eigenvalue weighted by atomic mass is 9.93. The normalized spacial score (nSPS) is 20.6. The zero-order valence-corrected chi connectivity index (χ0v) is 17.2. The minimum absolute atomic E-state index is 0.0698. The van der Waals surface area contributed by atoms with Gasteiger partial charge in [0, 0.05) is 11.6 Å². The lowest BCUT2D eigenvalue weighted by Gasteiger charge is -2.35. The van der Waals surface area contributed by atoms with Crippen LogP contribution in [0.25, 0.3) is 6.08 Å². The fraction of sp³-hybridized carbons (Fsp3) is 0.500. The zero-order chi connectivity index (χ0) is 21.0. The Morgan fingerprint density at radius 2 is 1.93 bits per heavy atom. The van der Waals surface area contributed by atoms with Crippen LogP contribution in [0.15, 0.2) is 23.8 Å². The van der Waals surface area contributed by atoms with Gasteiger partial charge in [0.1, 0.15) is 5.57 Å². The average Bonchev–Trinajstić information content (AvgIpc) is 2.72. The Balaban J connectivity index is 1.98. The Bertz CT molecular complexity index is 826. The summed E-state index contributed by atoms with van der Waals surface area (Å²) >= 11 is 0. The first-order valence-electron chi connectivity index (χ1n) is 10.2. The first kappa shape index (κ1) is 20.9. The summed E-state index contributed by atoms with van der Waals surface area (Å²) in [7, 11) is 1.54. The van der Waals surface area contributed by atoms with Gasteiger partial charge in [-0.3, -0.25) is 19.8 Å². The number of barbiturate groups is 1. The molecule has 7 heteroatoms. The van der Waals surface area contributed by atoms with Gasteiger partial charge in [0.15, 0.2) is 11.5 Å². The molecule has 2 aliphatic rings. The highest BCUT2D eigenvalue weighted by molar-refractivity contribution is 6.31. The van der Waals surface area contributed by atoms with Crippen molar-refractivity contribution in [2.45, 2.75) is 64.5 Å². The SMILES string of the molecule is CC[C@@H](C)Oc1c(/C=C2\C(=O)NC(=O)N(C3CCCCC3)C2=O)cccc1OC. The van der Waals surface area contributed by atoms with E-state index in [1.165, 1.54) is 18.1 Å². The minimum Gasteiger partial charge on any atom is -0.493 e. The molecule has 1 saturated carbocycles. The molecule has 0 aromatic heterocycles. The van der Waals surface area contributed by atoms with Gasteiger partial charge < -0.3 is 9.47 Å². The molecule has 0 unspecified atom stereocenters. The number of imide groups is 2. The van der Waals surface area contributed by atoms with E-state index in [2.05, 4.69) is 5.32 Å². The molecule has 1 aromatic carbocycles. The number of methoxy groups -OCH3 is 1. The van der Waals surface area contributed by atoms with Crippen molar-refractivity contribution < 1.29 is 23.9 Å². The van der Waals surface area contributed by atoms with Crippen molar-refractivity contribution in [2.75, 3.05) is 7.11 Å². The van der Waals surface area contributed by atoms with E-state index in [0.717, 1.165) is 38.5 Å². The summed E-state index contributed by atoms with van der Waals surface area (Å²) in [4.78, 5) is 39.1. The summed E-state index contributed by atoms with van der Waals surface area (Å²) in [6.07, 6.45) is 6.78. The summed E-state index contributed by atoms with van der Waals surface area (Å²) < 4.78 is 11.4. The van der Waals surface area contributed by atoms with Crippen molar-refractivity contribution in [1.82, 2.24) is 10.2 Å². The summed E-state index contributed by atoms with van der Waals surface area (Å²) in [6.45, 7) is 3.94. The first-order chi connectivity index (χ1) is 14.0. The quantitative estimate of drug-likeness (QED) is 0.582. The first-order valence-corrected chi connectivity index (χ1v) is 10.2. The number of urea groups is 1. The van der Waals surface area contributed by atoms with Gasteiger partial charge >= 0.3 is 6.03 Å². The Morgan fingerprint density at radius 3 is 2.59 bits per heavy atom. The number of amides is 4. The van der Waals surface area contributed by atoms with E-state index in [9.17, 15) is 14.4 Å². The van der Waals surface area contributed by atoms with Crippen LogP contribution in [0.2, 0.25) is 0 Å². The smallest absolute Gasteiger partial charge is 0.331 e. The third-order valence-corrected chi connectivity index (χ3v) is 5.50. The van der Waals surface area contributed by atoms with Crippen molar-refractivity contribution in [3.63, 3.8) is 0 Å². The second-order valence-electron chi connectivity index (χ2n) is 7.50. The molecule has 156 valence electrons. The van der Waals surface area contributed by atoms with Crippen LogP contribution in [0.1, 0.15) is 57.9 Å². The maximum Gasteiger partial charge on any atom is 0.331 e. The van der Waals surface area contributed by atoms with Crippen LogP contribution in [0.4, 0.5) is 4.79 Å². The number of carbonyl (C=O) groups is 3. The molecule has 0 spiro atoms. The van der Waals surface area contributed by atoms with Crippen LogP contribution in [0.3, 0.4) is 0 Å². The highest BCUT2D eigenvalue weighted by Crippen LogP contribution is 2.34. The largest absolute Gasteiger partial charge is 0.493 e. The summed E-state index contributed by atoms with van der Waals surface area (Å²) in [5.74, 6) is -0.255. The molecule has 1 saturated heterocycles. The number of hydrogen-bond acceptors (Lipinski definition) is 5. The number of carbonyl (C=O) groups excluding carboxylic acids is 3. The van der Waals surface area contributed by atoms with Crippen molar-refractivity contribution >= 4 is 23.9 Å². The highest BCUT2D eigenvalue weighted by atomic mass is 16.5. The molecule has 0 radical (unpaired) electrons. The van der Waals surface area contributed by atoms with E-state index >= 15 is 0 Å². The fourth-order valence-electron chi connectivity index (χ4n) is 3.72. The number of para-hydroxylation sites is 1. The molecule has 1 heterocycles. The second-order valence-corrected chi connectivity index (χ2v) is 7.50. The maximum absolute atomic E-state index is 13.1. The Hall–Kier alpha value is -2.83. The standard InChI is InChI=1S/C22H28N2O5/c1-4-14(2)29-19-15(9-8-12-18(19)28-3)13-17-20(25)23-22(27)24(21(17)26)16-10-6-5-7-11-16/h8-9,12-14,16H,4-7,10-11H2,1-3H3,(H,23,25,27)/b17-13+/t14-/m1/s1. The third-order valence-electron chi connectivity index (χ3n) is 5.50. The number of hydrogen-bond donors (Lipinski definition) is 1. The lowest BCUT2D eigenvalue weighted by Crippen LogP contribution is -2.58. The van der Waals surface area contributed by atoms with Crippen LogP contribution in [-0.4, -0.2) is 42.0 Å². The fourth-order valence-corrected chi connectivity index (χ4v) is 3.72. The van der Waals surface area contributed by atoms with E-state index in [-0.39, 0.29) is 17.7 Å². The van der Waals surface area contributed by atoms with Gasteiger partial charge in [-0.05, 0) is 38.3 Å². The van der Waals surface area contributed by atoms with Crippen molar-refractivity contribution in [3.05, 3.63) is 29.3 Å². The molecular weight excluding hydrogens is 372 g/mol. The van der Waals surface area contributed by atoms with Crippen LogP contribution in [-0.2, 0) is 9.59 Å². The number of ether oxygens (including phenoxy) is 2. The van der Waals surface area contributed by atoms with Crippen LogP contribution >= 0.6 is 0 Å². The van der Waals surface area contributed by atoms with Crippen LogP contribution in [0.5, 0.6) is 11.5 Å². The molecule has 1 aliphatic carbocycles. The van der Waals surface area contributed by atoms with E-state index in [0.29, 0.717) is 17.1 Å². The number of nitrogens with one attached hydrogen (secondary N) is 1. The molecule has 2 fully saturated rings. The molecule has 1 aromatic rings. The maximum atomic E-state index is 13.1. The molecular formula is C22H28N2O5. The predicted molar refractivity (Wildman–Crippen MR) is 109 cm³/mol. The average molecular weight is 400 g/mol. The molecule has 0 bridgehead atoms. The van der Waals surface area contributed by atoms with Gasteiger partial charge in [-0.2, -0.15) is 0 Å². The van der Waals surface area contributed by atoms with E-state index in [4.69, 9.17) is 9.47 Å². The molecule has 1 atom stereocenters. The van der Waals surface area contributed by atoms with Gasteiger partial charge in [0.25, 0.3) is 11.8 Å². The van der Waals surface area contributed by atoms with E-state index in [1.807, 2.05) is 13.8 Å².